The third-order valence-corrected chi connectivity index (χ3v) is 1.19. The smallest absolute Gasteiger partial charge is 0.466 e. The van der Waals surface area contributed by atoms with E-state index >= 15 is 0 Å². The zero-order chi connectivity index (χ0) is 7.82. The van der Waals surface area contributed by atoms with Crippen molar-refractivity contribution in [2.45, 2.75) is 32.6 Å². The van der Waals surface area contributed by atoms with Gasteiger partial charge in [0.25, 0.3) is 0 Å². The predicted octanol–water partition coefficient (Wildman–Crippen LogP) is 1.94. The molecule has 0 aromatic rings. The second kappa shape index (κ2) is 10.1. The normalized spacial score (nSPS) is 8.55. The van der Waals surface area contributed by atoms with Crippen molar-refractivity contribution in [3.63, 3.8) is 0 Å². The van der Waals surface area contributed by atoms with Crippen LogP contribution in [-0.4, -0.2) is 12.6 Å². The molecule has 0 aromatic carbocycles. The molecule has 0 N–H and O–H groups in total. The minimum absolute atomic E-state index is 0. The summed E-state index contributed by atoms with van der Waals surface area (Å²) in [5.41, 5.74) is 0. The third-order valence-electron chi connectivity index (χ3n) is 1.19. The van der Waals surface area contributed by atoms with Gasteiger partial charge in [-0.15, -0.1) is 0 Å². The van der Waals surface area contributed by atoms with E-state index in [2.05, 4.69) is 6.92 Å². The Labute approximate surface area is 81.5 Å². The summed E-state index contributed by atoms with van der Waals surface area (Å²) >= 11 is 0. The fourth-order valence-corrected chi connectivity index (χ4v) is 0.679. The first-order valence-electron chi connectivity index (χ1n) is 3.76. The Morgan fingerprint density at radius 3 is 2.55 bits per heavy atom. The predicted molar refractivity (Wildman–Crippen MR) is 40.5 cm³/mol. The Kier molecular flexibility index (Phi) is 12.5. The van der Waals surface area contributed by atoms with Crippen molar-refractivity contribution < 1.29 is 29.0 Å². The molecular weight excluding hydrogens is 193 g/mol. The molecule has 0 heterocycles. The molecule has 0 saturated heterocycles. The van der Waals surface area contributed by atoms with Crippen molar-refractivity contribution in [2.24, 2.45) is 0 Å². The van der Waals surface area contributed by atoms with Crippen LogP contribution in [0.2, 0.25) is 0 Å². The fraction of sp³-hybridized carbons (Fsp3) is 0.750. The van der Waals surface area contributed by atoms with Crippen LogP contribution in [-0.2, 0) is 29.0 Å². The van der Waals surface area contributed by atoms with E-state index in [1.807, 2.05) is 6.92 Å². The number of hydrogen-bond acceptors (Lipinski definition) is 2. The molecule has 2 nitrogen and oxygen atoms in total. The van der Waals surface area contributed by atoms with Crippen LogP contribution >= 0.6 is 0 Å². The molecule has 0 fully saturated rings. The molecule has 0 amide bonds. The maximum absolute atomic E-state index is 10.7. The Hall–Kier alpha value is 0.0934. The van der Waals surface area contributed by atoms with E-state index in [0.717, 1.165) is 19.3 Å². The number of carbonyl (C=O) groups excluding carboxylic acids is 1. The van der Waals surface area contributed by atoms with Gasteiger partial charge in [-0.05, 0) is 13.3 Å². The summed E-state index contributed by atoms with van der Waals surface area (Å²) in [5, 5.41) is 0. The minimum Gasteiger partial charge on any atom is -0.466 e. The Morgan fingerprint density at radius 2 is 2.09 bits per heavy atom. The van der Waals surface area contributed by atoms with E-state index < -0.39 is 0 Å². The summed E-state index contributed by atoms with van der Waals surface area (Å²) in [6.45, 7) is 5.98. The quantitative estimate of drug-likeness (QED) is 0.299. The number of ether oxygens (including phenoxy) is 1. The van der Waals surface area contributed by atoms with Gasteiger partial charge in [-0.1, -0.05) is 6.42 Å². The van der Waals surface area contributed by atoms with Crippen molar-refractivity contribution in [3.8, 4) is 0 Å². The van der Waals surface area contributed by atoms with Crippen LogP contribution in [0.15, 0.2) is 0 Å². The summed E-state index contributed by atoms with van der Waals surface area (Å²) in [5.74, 6) is -0.0871. The van der Waals surface area contributed by atoms with E-state index in [1.165, 1.54) is 0 Å². The van der Waals surface area contributed by atoms with Crippen molar-refractivity contribution in [1.82, 2.24) is 0 Å². The largest absolute Gasteiger partial charge is 2.00 e. The van der Waals surface area contributed by atoms with Crippen molar-refractivity contribution in [3.05, 3.63) is 6.92 Å². The monoisotopic (exact) mass is 207 g/mol. The number of carbonyl (C=O) groups is 1. The molecule has 0 saturated carbocycles. The third kappa shape index (κ3) is 10.1. The van der Waals surface area contributed by atoms with Gasteiger partial charge in [-0.25, -0.2) is 0 Å². The van der Waals surface area contributed by atoms with E-state index in [9.17, 15) is 4.79 Å². The molecule has 60 valence electrons. The van der Waals surface area contributed by atoms with Gasteiger partial charge >= 0.3 is 25.4 Å². The maximum atomic E-state index is 10.7. The Balaban J connectivity index is 0. The molecule has 0 aromatic heterocycles. The van der Waals surface area contributed by atoms with Crippen LogP contribution in [0.5, 0.6) is 0 Å². The van der Waals surface area contributed by atoms with Gasteiger partial charge in [0, 0.05) is 6.42 Å². The summed E-state index contributed by atoms with van der Waals surface area (Å²) in [4.78, 5) is 10.7. The van der Waals surface area contributed by atoms with Gasteiger partial charge in [0.15, 0.2) is 0 Å². The first kappa shape index (κ1) is 13.7. The molecular formula is C8H15O2Zn+. The average molecular weight is 209 g/mol. The summed E-state index contributed by atoms with van der Waals surface area (Å²) in [6, 6.07) is 0. The van der Waals surface area contributed by atoms with Crippen LogP contribution in [0.3, 0.4) is 0 Å². The van der Waals surface area contributed by atoms with Crippen LogP contribution in [0.4, 0.5) is 0 Å². The second-order valence-electron chi connectivity index (χ2n) is 2.12. The van der Waals surface area contributed by atoms with E-state index in [1.54, 1.807) is 0 Å². The Morgan fingerprint density at radius 1 is 1.45 bits per heavy atom. The van der Waals surface area contributed by atoms with Gasteiger partial charge in [0.1, 0.15) is 0 Å². The first-order chi connectivity index (χ1) is 4.81. The molecule has 0 bridgehead atoms. The average Bonchev–Trinajstić information content (AvgIpc) is 1.89. The number of hydrogen-bond donors (Lipinski definition) is 0. The molecule has 0 rings (SSSR count). The molecule has 0 radical (unpaired) electrons. The van der Waals surface area contributed by atoms with Gasteiger partial charge < -0.3 is 11.7 Å². The molecule has 0 unspecified atom stereocenters. The molecule has 3 heteroatoms. The standard InChI is InChI=1S/C8H15O2.Zn/c1-3-5-6-7-8(9)10-4-2;/h1,3-7H2,2H3;/q-1;+2. The van der Waals surface area contributed by atoms with Crippen molar-refractivity contribution in [2.75, 3.05) is 6.61 Å². The zero-order valence-electron chi connectivity index (χ0n) is 7.27. The van der Waals surface area contributed by atoms with Crippen LogP contribution in [0.1, 0.15) is 32.6 Å². The molecule has 0 aliphatic heterocycles. The summed E-state index contributed by atoms with van der Waals surface area (Å²) in [6.07, 6.45) is 3.36. The zero-order valence-corrected chi connectivity index (χ0v) is 10.2. The van der Waals surface area contributed by atoms with E-state index in [-0.39, 0.29) is 25.4 Å². The topological polar surface area (TPSA) is 26.3 Å². The number of unbranched alkanes of at least 4 members (excludes halogenated alkanes) is 2. The first-order valence-corrected chi connectivity index (χ1v) is 3.76. The molecule has 0 atom stereocenters. The molecule has 11 heavy (non-hydrogen) atoms. The van der Waals surface area contributed by atoms with Crippen molar-refractivity contribution >= 4 is 5.97 Å². The maximum Gasteiger partial charge on any atom is 2.00 e. The molecule has 0 aliphatic carbocycles. The SMILES string of the molecule is [CH2-]CCCCC(=O)OCC.[Zn+2]. The van der Waals surface area contributed by atoms with E-state index in [4.69, 9.17) is 4.74 Å². The van der Waals surface area contributed by atoms with Crippen molar-refractivity contribution in [1.29, 1.82) is 0 Å². The minimum atomic E-state index is -0.0871. The molecule has 0 aliphatic rings. The van der Waals surface area contributed by atoms with Crippen LogP contribution in [0.25, 0.3) is 0 Å². The van der Waals surface area contributed by atoms with Gasteiger partial charge in [0.2, 0.25) is 0 Å². The number of rotatable bonds is 5. The Bertz CT molecular complexity index is 94.1. The fourth-order valence-electron chi connectivity index (χ4n) is 0.679. The van der Waals surface area contributed by atoms with Gasteiger partial charge in [0.05, 0.1) is 6.61 Å². The summed E-state index contributed by atoms with van der Waals surface area (Å²) < 4.78 is 4.73. The van der Waals surface area contributed by atoms with Crippen LogP contribution in [0, 0.1) is 6.92 Å². The number of esters is 1. The van der Waals surface area contributed by atoms with Gasteiger partial charge in [-0.3, -0.25) is 4.79 Å². The molecule has 0 spiro atoms. The van der Waals surface area contributed by atoms with Crippen LogP contribution < -0.4 is 0 Å². The summed E-state index contributed by atoms with van der Waals surface area (Å²) in [7, 11) is 0. The van der Waals surface area contributed by atoms with E-state index in [0.29, 0.717) is 13.0 Å². The second-order valence-corrected chi connectivity index (χ2v) is 2.12. The van der Waals surface area contributed by atoms with Gasteiger partial charge in [-0.2, -0.15) is 6.42 Å².